The van der Waals surface area contributed by atoms with Crippen molar-refractivity contribution in [1.82, 2.24) is 0 Å². The van der Waals surface area contributed by atoms with Crippen molar-refractivity contribution in [2.45, 2.75) is 194 Å². The van der Waals surface area contributed by atoms with E-state index in [2.05, 4.69) is 0 Å². The average molecular weight is 817 g/mol. The Labute approximate surface area is 339 Å². The Hall–Kier alpha value is -2.24. The van der Waals surface area contributed by atoms with Crippen LogP contribution >= 0.6 is 0 Å². The van der Waals surface area contributed by atoms with Gasteiger partial charge in [0.05, 0.1) is 42.4 Å². The largest absolute Gasteiger partial charge is 0.461 e. The standard InChI is InChI=1S/C42H72O15/c1-16-20(2)33-23(5)35(53-28(10)43)25(7)37(46)41(12,48)18-21(3)34(57-40-32(45)30(49-14)17-22(4)51-40)24(6)36(26(8)39(47)56-33)55-31-19-42(13,50-15)38(27(9)52-31)54-29(11)44/h20-27,30-36,38,40,45,48H,16-19H2,1-15H3. The van der Waals surface area contributed by atoms with Gasteiger partial charge >= 0.3 is 17.9 Å². The molecule has 15 nitrogen and oxygen atoms in total. The molecular weight excluding hydrogens is 744 g/mol. The number of methoxy groups -OCH3 is 2. The van der Waals surface area contributed by atoms with Gasteiger partial charge in [0.1, 0.15) is 29.5 Å². The summed E-state index contributed by atoms with van der Waals surface area (Å²) in [4.78, 5) is 53.4. The molecule has 0 radical (unpaired) electrons. The van der Waals surface area contributed by atoms with Gasteiger partial charge in [-0.05, 0) is 52.9 Å². The molecule has 3 fully saturated rings. The molecule has 0 aromatic rings. The number of cyclic esters (lactones) is 1. The number of carbonyl (C=O) groups excluding carboxylic acids is 4. The van der Waals surface area contributed by atoms with Gasteiger partial charge in [-0.3, -0.25) is 19.2 Å². The summed E-state index contributed by atoms with van der Waals surface area (Å²) in [5, 5.41) is 23.4. The molecule has 3 heterocycles. The van der Waals surface area contributed by atoms with Crippen molar-refractivity contribution in [1.29, 1.82) is 0 Å². The number of aliphatic hydroxyl groups excluding tert-OH is 1. The Bertz CT molecular complexity index is 1360. The average Bonchev–Trinajstić information content (AvgIpc) is 3.13. The molecule has 2 N–H and O–H groups in total. The second kappa shape index (κ2) is 20.3. The van der Waals surface area contributed by atoms with Gasteiger partial charge in [0.2, 0.25) is 0 Å². The molecule has 3 rings (SSSR count). The Morgan fingerprint density at radius 2 is 1.47 bits per heavy atom. The molecule has 0 aromatic carbocycles. The van der Waals surface area contributed by atoms with Crippen molar-refractivity contribution in [3.63, 3.8) is 0 Å². The monoisotopic (exact) mass is 816 g/mol. The number of rotatable bonds is 10. The van der Waals surface area contributed by atoms with E-state index in [0.717, 1.165) is 0 Å². The fourth-order valence-corrected chi connectivity index (χ4v) is 9.20. The minimum atomic E-state index is -1.94. The van der Waals surface area contributed by atoms with Crippen LogP contribution in [0.4, 0.5) is 0 Å². The Balaban J connectivity index is 2.22. The summed E-state index contributed by atoms with van der Waals surface area (Å²) >= 11 is 0. The lowest BCUT2D eigenvalue weighted by atomic mass is 9.74. The molecule has 3 aliphatic heterocycles. The first-order chi connectivity index (χ1) is 26.4. The van der Waals surface area contributed by atoms with Crippen molar-refractivity contribution in [2.75, 3.05) is 14.2 Å². The molecule has 19 unspecified atom stereocenters. The molecule has 15 heteroatoms. The maximum absolute atomic E-state index is 14.6. The van der Waals surface area contributed by atoms with Crippen LogP contribution in [-0.4, -0.2) is 127 Å². The highest BCUT2D eigenvalue weighted by atomic mass is 16.7. The van der Waals surface area contributed by atoms with E-state index in [0.29, 0.717) is 12.8 Å². The van der Waals surface area contributed by atoms with E-state index in [4.69, 9.17) is 42.6 Å². The lowest BCUT2D eigenvalue weighted by Crippen LogP contribution is -2.59. The number of Topliss-reactive ketones (excluding diaryl/α,β-unsaturated/α-hetero) is 1. The van der Waals surface area contributed by atoms with Crippen molar-refractivity contribution < 1.29 is 72.0 Å². The zero-order chi connectivity index (χ0) is 43.3. The second-order valence-electron chi connectivity index (χ2n) is 17.5. The van der Waals surface area contributed by atoms with Crippen LogP contribution in [0.2, 0.25) is 0 Å². The summed E-state index contributed by atoms with van der Waals surface area (Å²) in [5.41, 5.74) is -2.97. The number of carbonyl (C=O) groups is 4. The van der Waals surface area contributed by atoms with Crippen molar-refractivity contribution in [3.05, 3.63) is 0 Å². The molecule has 0 aliphatic carbocycles. The summed E-state index contributed by atoms with van der Waals surface area (Å²) in [6.07, 6.45) is -8.41. The van der Waals surface area contributed by atoms with Crippen LogP contribution < -0.4 is 0 Å². The van der Waals surface area contributed by atoms with E-state index in [1.807, 2.05) is 34.6 Å². The molecule has 0 bridgehead atoms. The van der Waals surface area contributed by atoms with Crippen LogP contribution in [0.5, 0.6) is 0 Å². The Morgan fingerprint density at radius 3 is 2.02 bits per heavy atom. The number of hydrogen-bond donors (Lipinski definition) is 2. The highest BCUT2D eigenvalue weighted by Gasteiger charge is 2.52. The normalized spacial score (nSPS) is 44.6. The second-order valence-corrected chi connectivity index (χ2v) is 17.5. The van der Waals surface area contributed by atoms with Crippen molar-refractivity contribution in [2.24, 2.45) is 35.5 Å². The third-order valence-electron chi connectivity index (χ3n) is 12.6. The first-order valence-corrected chi connectivity index (χ1v) is 20.6. The zero-order valence-electron chi connectivity index (χ0n) is 36.8. The summed E-state index contributed by atoms with van der Waals surface area (Å²) in [5.74, 6) is -6.40. The van der Waals surface area contributed by atoms with E-state index in [9.17, 15) is 29.4 Å². The van der Waals surface area contributed by atoms with Gasteiger partial charge in [-0.25, -0.2) is 0 Å². The van der Waals surface area contributed by atoms with Crippen LogP contribution in [0.15, 0.2) is 0 Å². The molecule has 0 spiro atoms. The maximum atomic E-state index is 14.6. The lowest BCUT2D eigenvalue weighted by Gasteiger charge is -2.48. The first kappa shape index (κ1) is 49.1. The first-order valence-electron chi connectivity index (χ1n) is 20.6. The number of ether oxygens (including phenoxy) is 9. The van der Waals surface area contributed by atoms with E-state index < -0.39 is 126 Å². The number of esters is 3. The maximum Gasteiger partial charge on any atom is 0.311 e. The number of hydrogen-bond acceptors (Lipinski definition) is 15. The minimum absolute atomic E-state index is 0.110. The third kappa shape index (κ3) is 11.7. The summed E-state index contributed by atoms with van der Waals surface area (Å²) < 4.78 is 55.3. The molecule has 0 saturated carbocycles. The van der Waals surface area contributed by atoms with Crippen LogP contribution in [0.1, 0.15) is 116 Å². The molecule has 19 atom stereocenters. The number of aliphatic hydroxyl groups is 2. The third-order valence-corrected chi connectivity index (χ3v) is 12.6. The SMILES string of the molecule is CCC(C)C1OC(=O)C(C)C(OC2CC(C)(OC)C(OC(C)=O)C(C)O2)C(C)C(OC2OC(C)CC(OC)C2O)C(C)CC(C)(O)C(=O)C(C)C(OC(C)=O)C1C. The van der Waals surface area contributed by atoms with Gasteiger partial charge in [-0.2, -0.15) is 0 Å². The molecule has 0 aromatic heterocycles. The zero-order valence-corrected chi connectivity index (χ0v) is 36.8. The number of ketones is 1. The molecule has 0 amide bonds. The van der Waals surface area contributed by atoms with Gasteiger partial charge in [0.25, 0.3) is 0 Å². The topological polar surface area (TPSA) is 192 Å². The van der Waals surface area contributed by atoms with Crippen molar-refractivity contribution >= 4 is 23.7 Å². The van der Waals surface area contributed by atoms with Crippen LogP contribution in [-0.2, 0) is 61.8 Å². The molecular formula is C42H72O15. The fourth-order valence-electron chi connectivity index (χ4n) is 9.20. The highest BCUT2D eigenvalue weighted by molar-refractivity contribution is 5.89. The van der Waals surface area contributed by atoms with E-state index in [-0.39, 0.29) is 24.9 Å². The lowest BCUT2D eigenvalue weighted by molar-refractivity contribution is -0.313. The molecule has 57 heavy (non-hydrogen) atoms. The fraction of sp³-hybridized carbons (Fsp3) is 0.905. The molecule has 3 saturated heterocycles. The quantitative estimate of drug-likeness (QED) is 0.231. The van der Waals surface area contributed by atoms with Crippen LogP contribution in [0, 0.1) is 35.5 Å². The predicted octanol–water partition coefficient (Wildman–Crippen LogP) is 4.53. The summed E-state index contributed by atoms with van der Waals surface area (Å²) in [6.45, 7) is 22.0. The van der Waals surface area contributed by atoms with Crippen LogP contribution in [0.3, 0.4) is 0 Å². The molecule has 330 valence electrons. The van der Waals surface area contributed by atoms with Crippen LogP contribution in [0.25, 0.3) is 0 Å². The Morgan fingerprint density at radius 1 is 0.860 bits per heavy atom. The van der Waals surface area contributed by atoms with E-state index >= 15 is 0 Å². The van der Waals surface area contributed by atoms with Gasteiger partial charge in [-0.1, -0.05) is 48.0 Å². The Kier molecular flexibility index (Phi) is 17.5. The predicted molar refractivity (Wildman–Crippen MR) is 206 cm³/mol. The minimum Gasteiger partial charge on any atom is -0.461 e. The molecule has 3 aliphatic rings. The van der Waals surface area contributed by atoms with Gasteiger partial charge in [0, 0.05) is 52.7 Å². The smallest absolute Gasteiger partial charge is 0.311 e. The summed E-state index contributed by atoms with van der Waals surface area (Å²) in [7, 11) is 3.01. The van der Waals surface area contributed by atoms with Crippen molar-refractivity contribution in [3.8, 4) is 0 Å². The van der Waals surface area contributed by atoms with E-state index in [1.54, 1.807) is 34.6 Å². The van der Waals surface area contributed by atoms with E-state index in [1.165, 1.54) is 35.0 Å². The van der Waals surface area contributed by atoms with Gasteiger partial charge < -0.3 is 52.8 Å². The van der Waals surface area contributed by atoms with Gasteiger partial charge in [-0.15, -0.1) is 0 Å². The summed E-state index contributed by atoms with van der Waals surface area (Å²) in [6, 6.07) is 0. The highest BCUT2D eigenvalue weighted by Crippen LogP contribution is 2.41. The van der Waals surface area contributed by atoms with Gasteiger partial charge in [0.15, 0.2) is 24.5 Å².